The SMILES string of the molecule is Cc1nc(Cl)cc(NCCCN2CCCC2=O)n1. The van der Waals surface area contributed by atoms with Crippen molar-refractivity contribution < 1.29 is 4.79 Å². The molecule has 6 heteroatoms. The lowest BCUT2D eigenvalue weighted by molar-refractivity contribution is -0.127. The van der Waals surface area contributed by atoms with Crippen molar-refractivity contribution in [2.24, 2.45) is 0 Å². The third-order valence-electron chi connectivity index (χ3n) is 2.89. The van der Waals surface area contributed by atoms with Crippen molar-refractivity contribution >= 4 is 23.3 Å². The van der Waals surface area contributed by atoms with E-state index in [2.05, 4.69) is 15.3 Å². The van der Waals surface area contributed by atoms with Crippen LogP contribution >= 0.6 is 11.6 Å². The molecule has 2 heterocycles. The first-order chi connectivity index (χ1) is 8.65. The molecule has 0 radical (unpaired) electrons. The summed E-state index contributed by atoms with van der Waals surface area (Å²) in [4.78, 5) is 21.5. The van der Waals surface area contributed by atoms with Crippen molar-refractivity contribution in [3.63, 3.8) is 0 Å². The van der Waals surface area contributed by atoms with Crippen molar-refractivity contribution in [1.29, 1.82) is 0 Å². The monoisotopic (exact) mass is 268 g/mol. The van der Waals surface area contributed by atoms with Gasteiger partial charge < -0.3 is 10.2 Å². The van der Waals surface area contributed by atoms with Gasteiger partial charge in [0.05, 0.1) is 0 Å². The maximum Gasteiger partial charge on any atom is 0.222 e. The molecule has 0 saturated carbocycles. The van der Waals surface area contributed by atoms with Gasteiger partial charge >= 0.3 is 0 Å². The molecule has 5 nitrogen and oxygen atoms in total. The fraction of sp³-hybridized carbons (Fsp3) is 0.583. The topological polar surface area (TPSA) is 58.1 Å². The van der Waals surface area contributed by atoms with E-state index in [-0.39, 0.29) is 5.91 Å². The molecule has 1 N–H and O–H groups in total. The van der Waals surface area contributed by atoms with Gasteiger partial charge in [0, 0.05) is 32.1 Å². The molecule has 1 aliphatic heterocycles. The van der Waals surface area contributed by atoms with Crippen molar-refractivity contribution in [2.75, 3.05) is 25.0 Å². The summed E-state index contributed by atoms with van der Waals surface area (Å²) in [5.74, 6) is 1.66. The quantitative estimate of drug-likeness (QED) is 0.654. The van der Waals surface area contributed by atoms with Crippen LogP contribution in [0.5, 0.6) is 0 Å². The maximum atomic E-state index is 11.4. The number of anilines is 1. The first-order valence-electron chi connectivity index (χ1n) is 6.18. The minimum Gasteiger partial charge on any atom is -0.370 e. The summed E-state index contributed by atoms with van der Waals surface area (Å²) in [6, 6.07) is 1.70. The van der Waals surface area contributed by atoms with E-state index in [9.17, 15) is 4.79 Å². The number of likely N-dealkylation sites (tertiary alicyclic amines) is 1. The van der Waals surface area contributed by atoms with E-state index in [1.807, 2.05) is 4.90 Å². The zero-order chi connectivity index (χ0) is 13.0. The molecule has 0 spiro atoms. The minimum atomic E-state index is 0.274. The number of hydrogen-bond donors (Lipinski definition) is 1. The smallest absolute Gasteiger partial charge is 0.222 e. The Morgan fingerprint density at radius 1 is 1.50 bits per heavy atom. The number of carbonyl (C=O) groups excluding carboxylic acids is 1. The normalized spacial score (nSPS) is 15.2. The molecule has 1 aliphatic rings. The van der Waals surface area contributed by atoms with E-state index in [4.69, 9.17) is 11.6 Å². The molecule has 1 saturated heterocycles. The summed E-state index contributed by atoms with van der Waals surface area (Å²) in [5, 5.41) is 3.64. The van der Waals surface area contributed by atoms with E-state index in [0.29, 0.717) is 17.4 Å². The summed E-state index contributed by atoms with van der Waals surface area (Å²) in [6.45, 7) is 4.29. The molecule has 2 rings (SSSR count). The summed E-state index contributed by atoms with van der Waals surface area (Å²) in [5.41, 5.74) is 0. The molecule has 0 unspecified atom stereocenters. The van der Waals surface area contributed by atoms with Gasteiger partial charge in [-0.2, -0.15) is 0 Å². The van der Waals surface area contributed by atoms with Gasteiger partial charge in [-0.1, -0.05) is 11.6 Å². The van der Waals surface area contributed by atoms with Crippen LogP contribution in [0.4, 0.5) is 5.82 Å². The number of hydrogen-bond acceptors (Lipinski definition) is 4. The molecule has 1 fully saturated rings. The Kier molecular flexibility index (Phi) is 4.36. The van der Waals surface area contributed by atoms with Gasteiger partial charge in [-0.15, -0.1) is 0 Å². The molecule has 18 heavy (non-hydrogen) atoms. The van der Waals surface area contributed by atoms with Gasteiger partial charge in [-0.25, -0.2) is 9.97 Å². The number of nitrogens with one attached hydrogen (secondary N) is 1. The highest BCUT2D eigenvalue weighted by atomic mass is 35.5. The van der Waals surface area contributed by atoms with Crippen LogP contribution in [0.2, 0.25) is 5.15 Å². The Hall–Kier alpha value is -1.36. The molecular weight excluding hydrogens is 252 g/mol. The number of amides is 1. The molecule has 1 aromatic heterocycles. The van der Waals surface area contributed by atoms with Crippen LogP contribution < -0.4 is 5.32 Å². The first-order valence-corrected chi connectivity index (χ1v) is 6.56. The van der Waals surface area contributed by atoms with Gasteiger partial charge in [0.2, 0.25) is 5.91 Å². The average molecular weight is 269 g/mol. The number of halogens is 1. The lowest BCUT2D eigenvalue weighted by Crippen LogP contribution is -2.27. The summed E-state index contributed by atoms with van der Waals surface area (Å²) >= 11 is 5.84. The molecular formula is C12H17ClN4O. The van der Waals surface area contributed by atoms with Crippen LogP contribution in [0.25, 0.3) is 0 Å². The molecule has 98 valence electrons. The van der Waals surface area contributed by atoms with E-state index in [0.717, 1.165) is 38.3 Å². The molecule has 1 amide bonds. The zero-order valence-corrected chi connectivity index (χ0v) is 11.2. The van der Waals surface area contributed by atoms with Crippen molar-refractivity contribution in [1.82, 2.24) is 14.9 Å². The van der Waals surface area contributed by atoms with Crippen LogP contribution in [0.1, 0.15) is 25.1 Å². The Labute approximate surface area is 112 Å². The van der Waals surface area contributed by atoms with E-state index < -0.39 is 0 Å². The maximum absolute atomic E-state index is 11.4. The van der Waals surface area contributed by atoms with Crippen LogP contribution in [0.3, 0.4) is 0 Å². The van der Waals surface area contributed by atoms with E-state index in [1.54, 1.807) is 13.0 Å². The molecule has 1 aromatic rings. The standard InChI is InChI=1S/C12H17ClN4O/c1-9-15-10(13)8-11(16-9)14-5-3-7-17-6-2-4-12(17)18/h8H,2-7H2,1H3,(H,14,15,16). The van der Waals surface area contributed by atoms with Gasteiger partial charge in [0.15, 0.2) is 0 Å². The molecule has 0 aliphatic carbocycles. The predicted octanol–water partition coefficient (Wildman–Crippen LogP) is 1.86. The number of aromatic nitrogens is 2. The Balaban J connectivity index is 1.73. The number of rotatable bonds is 5. The number of aryl methyl sites for hydroxylation is 1. The number of carbonyl (C=O) groups is 1. The fourth-order valence-electron chi connectivity index (χ4n) is 2.05. The van der Waals surface area contributed by atoms with Gasteiger partial charge in [-0.05, 0) is 19.8 Å². The molecule has 0 atom stereocenters. The van der Waals surface area contributed by atoms with Crippen molar-refractivity contribution in [2.45, 2.75) is 26.2 Å². The molecule has 0 aromatic carbocycles. The Morgan fingerprint density at radius 2 is 2.33 bits per heavy atom. The van der Waals surface area contributed by atoms with Crippen molar-refractivity contribution in [3.8, 4) is 0 Å². The summed E-state index contributed by atoms with van der Waals surface area (Å²) < 4.78 is 0. The fourth-order valence-corrected chi connectivity index (χ4v) is 2.27. The van der Waals surface area contributed by atoms with E-state index in [1.165, 1.54) is 0 Å². The second-order valence-corrected chi connectivity index (χ2v) is 4.78. The Bertz CT molecular complexity index is 418. The first kappa shape index (κ1) is 13.1. The predicted molar refractivity (Wildman–Crippen MR) is 70.7 cm³/mol. The minimum absolute atomic E-state index is 0.274. The molecule has 0 bridgehead atoms. The second kappa shape index (κ2) is 6.00. The summed E-state index contributed by atoms with van der Waals surface area (Å²) in [6.07, 6.45) is 2.60. The second-order valence-electron chi connectivity index (χ2n) is 4.39. The van der Waals surface area contributed by atoms with Crippen LogP contribution in [0.15, 0.2) is 6.07 Å². The highest BCUT2D eigenvalue weighted by Crippen LogP contribution is 2.12. The van der Waals surface area contributed by atoms with Crippen LogP contribution in [-0.4, -0.2) is 40.4 Å². The van der Waals surface area contributed by atoms with Gasteiger partial charge in [0.25, 0.3) is 0 Å². The van der Waals surface area contributed by atoms with E-state index >= 15 is 0 Å². The third kappa shape index (κ3) is 3.57. The summed E-state index contributed by atoms with van der Waals surface area (Å²) in [7, 11) is 0. The Morgan fingerprint density at radius 3 is 3.00 bits per heavy atom. The van der Waals surface area contributed by atoms with Crippen molar-refractivity contribution in [3.05, 3.63) is 17.0 Å². The highest BCUT2D eigenvalue weighted by molar-refractivity contribution is 6.29. The van der Waals surface area contributed by atoms with Gasteiger partial charge in [0.1, 0.15) is 16.8 Å². The van der Waals surface area contributed by atoms with Crippen LogP contribution in [-0.2, 0) is 4.79 Å². The lowest BCUT2D eigenvalue weighted by Gasteiger charge is -2.15. The lowest BCUT2D eigenvalue weighted by atomic mass is 10.4. The zero-order valence-electron chi connectivity index (χ0n) is 10.4. The number of nitrogens with zero attached hydrogens (tertiary/aromatic N) is 3. The highest BCUT2D eigenvalue weighted by Gasteiger charge is 2.18. The van der Waals surface area contributed by atoms with Crippen LogP contribution in [0, 0.1) is 6.92 Å². The van der Waals surface area contributed by atoms with Gasteiger partial charge in [-0.3, -0.25) is 4.79 Å². The third-order valence-corrected chi connectivity index (χ3v) is 3.08. The average Bonchev–Trinajstić information content (AvgIpc) is 2.69. The largest absolute Gasteiger partial charge is 0.370 e.